The van der Waals surface area contributed by atoms with E-state index >= 15 is 0 Å². The maximum absolute atomic E-state index is 12.1. The van der Waals surface area contributed by atoms with Crippen molar-refractivity contribution in [1.29, 1.82) is 5.26 Å². The van der Waals surface area contributed by atoms with Crippen molar-refractivity contribution in [2.24, 2.45) is 5.92 Å². The number of piperidine rings is 1. The fourth-order valence-corrected chi connectivity index (χ4v) is 3.34. The molecule has 2 aromatic rings. The summed E-state index contributed by atoms with van der Waals surface area (Å²) in [5, 5.41) is 13.2. The summed E-state index contributed by atoms with van der Waals surface area (Å²) in [7, 11) is 0. The standard InChI is InChI=1S/C16H22N8O/c1-9-4-7-23(12(25)2-5-17)8-11(9)24-14(13(18)16(20)22-24)10-3-6-21-15(10)19/h3,6,9,11,21H,2,4,7-8,18-19H2,1H3,(H2,20,22). The van der Waals surface area contributed by atoms with E-state index in [-0.39, 0.29) is 30.1 Å². The lowest BCUT2D eigenvalue weighted by Crippen LogP contribution is -2.44. The van der Waals surface area contributed by atoms with Crippen molar-refractivity contribution in [2.45, 2.75) is 25.8 Å². The first-order valence-corrected chi connectivity index (χ1v) is 8.15. The number of nitrogens with zero attached hydrogens (tertiary/aromatic N) is 4. The van der Waals surface area contributed by atoms with E-state index in [9.17, 15) is 4.79 Å². The van der Waals surface area contributed by atoms with E-state index in [0.29, 0.717) is 30.3 Å². The first kappa shape index (κ1) is 16.7. The first-order chi connectivity index (χ1) is 11.9. The van der Waals surface area contributed by atoms with Crippen LogP contribution in [0.3, 0.4) is 0 Å². The summed E-state index contributed by atoms with van der Waals surface area (Å²) in [5.41, 5.74) is 19.9. The number of likely N-dealkylation sites (tertiary alicyclic amines) is 1. The molecule has 1 aliphatic rings. The molecule has 2 unspecified atom stereocenters. The highest BCUT2D eigenvalue weighted by Gasteiger charge is 2.33. The van der Waals surface area contributed by atoms with Crippen LogP contribution in [0.5, 0.6) is 0 Å². The molecule has 0 aromatic carbocycles. The number of nitrogen functional groups attached to an aromatic ring is 3. The molecule has 9 nitrogen and oxygen atoms in total. The Morgan fingerprint density at radius 3 is 2.88 bits per heavy atom. The van der Waals surface area contributed by atoms with Gasteiger partial charge in [0.25, 0.3) is 0 Å². The highest BCUT2D eigenvalue weighted by molar-refractivity contribution is 5.85. The second-order valence-electron chi connectivity index (χ2n) is 6.41. The van der Waals surface area contributed by atoms with Gasteiger partial charge in [-0.15, -0.1) is 0 Å². The van der Waals surface area contributed by atoms with E-state index in [1.54, 1.807) is 15.8 Å². The van der Waals surface area contributed by atoms with Crippen molar-refractivity contribution in [3.63, 3.8) is 0 Å². The Morgan fingerprint density at radius 2 is 2.24 bits per heavy atom. The number of anilines is 3. The van der Waals surface area contributed by atoms with E-state index in [1.165, 1.54) is 0 Å². The van der Waals surface area contributed by atoms with Gasteiger partial charge in [-0.2, -0.15) is 10.4 Å². The van der Waals surface area contributed by atoms with Gasteiger partial charge < -0.3 is 27.1 Å². The largest absolute Gasteiger partial charge is 0.394 e. The number of aromatic amines is 1. The van der Waals surface area contributed by atoms with Crippen molar-refractivity contribution in [1.82, 2.24) is 19.7 Å². The van der Waals surface area contributed by atoms with Crippen LogP contribution in [0.4, 0.5) is 17.3 Å². The average molecular weight is 342 g/mol. The number of aromatic nitrogens is 3. The number of nitrogens with two attached hydrogens (primary N) is 3. The van der Waals surface area contributed by atoms with Gasteiger partial charge in [-0.05, 0) is 18.4 Å². The molecule has 3 heterocycles. The van der Waals surface area contributed by atoms with Crippen LogP contribution in [-0.4, -0.2) is 38.7 Å². The van der Waals surface area contributed by atoms with Crippen LogP contribution in [0, 0.1) is 17.2 Å². The quantitative estimate of drug-likeness (QED) is 0.650. The molecular weight excluding hydrogens is 320 g/mol. The van der Waals surface area contributed by atoms with Crippen molar-refractivity contribution >= 4 is 23.2 Å². The minimum atomic E-state index is -0.171. The van der Waals surface area contributed by atoms with Crippen molar-refractivity contribution < 1.29 is 4.79 Å². The number of hydrogen-bond acceptors (Lipinski definition) is 6. The minimum Gasteiger partial charge on any atom is -0.394 e. The SMILES string of the molecule is CC1CCN(C(=O)CC#N)CC1n1nc(N)c(N)c1-c1cc[nH]c1N. The summed E-state index contributed by atoms with van der Waals surface area (Å²) in [5.74, 6) is 0.816. The molecule has 0 bridgehead atoms. The average Bonchev–Trinajstić information content (AvgIpc) is 3.12. The third kappa shape index (κ3) is 2.87. The summed E-state index contributed by atoms with van der Waals surface area (Å²) in [6.45, 7) is 3.20. The molecule has 1 aliphatic heterocycles. The number of hydrogen-bond donors (Lipinski definition) is 4. The van der Waals surface area contributed by atoms with Crippen molar-refractivity contribution in [3.8, 4) is 17.3 Å². The Balaban J connectivity index is 2.01. The smallest absolute Gasteiger partial charge is 0.236 e. The van der Waals surface area contributed by atoms with Crippen LogP contribution < -0.4 is 17.2 Å². The Labute approximate surface area is 145 Å². The van der Waals surface area contributed by atoms with E-state index in [1.807, 2.05) is 12.1 Å². The van der Waals surface area contributed by atoms with Gasteiger partial charge in [0, 0.05) is 24.8 Å². The van der Waals surface area contributed by atoms with Gasteiger partial charge in [-0.3, -0.25) is 9.48 Å². The lowest BCUT2D eigenvalue weighted by atomic mass is 9.93. The van der Waals surface area contributed by atoms with Gasteiger partial charge in [0.2, 0.25) is 5.91 Å². The van der Waals surface area contributed by atoms with Gasteiger partial charge in [-0.1, -0.05) is 6.92 Å². The van der Waals surface area contributed by atoms with Crippen LogP contribution in [0.1, 0.15) is 25.8 Å². The fourth-order valence-electron chi connectivity index (χ4n) is 3.34. The summed E-state index contributed by atoms with van der Waals surface area (Å²) in [6, 6.07) is 3.64. The molecule has 132 valence electrons. The number of nitriles is 1. The van der Waals surface area contributed by atoms with Crippen molar-refractivity contribution in [2.75, 3.05) is 30.3 Å². The molecule has 1 amide bonds. The molecule has 0 spiro atoms. The normalized spacial score (nSPS) is 20.4. The maximum atomic E-state index is 12.1. The molecule has 25 heavy (non-hydrogen) atoms. The van der Waals surface area contributed by atoms with Gasteiger partial charge >= 0.3 is 0 Å². The first-order valence-electron chi connectivity index (χ1n) is 8.15. The van der Waals surface area contributed by atoms with E-state index in [0.717, 1.165) is 12.0 Å². The van der Waals surface area contributed by atoms with Crippen LogP contribution in [-0.2, 0) is 4.79 Å². The molecule has 3 rings (SSSR count). The zero-order valence-electron chi connectivity index (χ0n) is 14.1. The van der Waals surface area contributed by atoms with Gasteiger partial charge in [-0.25, -0.2) is 0 Å². The fraction of sp³-hybridized carbons (Fsp3) is 0.438. The predicted molar refractivity (Wildman–Crippen MR) is 94.9 cm³/mol. The zero-order valence-corrected chi connectivity index (χ0v) is 14.1. The Morgan fingerprint density at radius 1 is 1.48 bits per heavy atom. The van der Waals surface area contributed by atoms with Crippen LogP contribution >= 0.6 is 0 Å². The summed E-state index contributed by atoms with van der Waals surface area (Å²) in [6.07, 6.45) is 2.41. The highest BCUT2D eigenvalue weighted by atomic mass is 16.2. The molecule has 0 saturated carbocycles. The monoisotopic (exact) mass is 342 g/mol. The zero-order chi connectivity index (χ0) is 18.1. The van der Waals surface area contributed by atoms with Crippen LogP contribution in [0.2, 0.25) is 0 Å². The molecule has 9 heteroatoms. The molecule has 1 fully saturated rings. The molecule has 2 aromatic heterocycles. The van der Waals surface area contributed by atoms with Gasteiger partial charge in [0.1, 0.15) is 17.9 Å². The molecule has 7 N–H and O–H groups in total. The van der Waals surface area contributed by atoms with Crippen LogP contribution in [0.25, 0.3) is 11.3 Å². The Hall–Kier alpha value is -3.15. The number of nitrogens with one attached hydrogen (secondary N) is 1. The van der Waals surface area contributed by atoms with E-state index in [4.69, 9.17) is 22.5 Å². The molecule has 2 atom stereocenters. The number of carbonyl (C=O) groups is 1. The number of amides is 1. The van der Waals surface area contributed by atoms with Gasteiger partial charge in [0.05, 0.1) is 17.8 Å². The summed E-state index contributed by atoms with van der Waals surface area (Å²) >= 11 is 0. The Kier molecular flexibility index (Phi) is 4.27. The lowest BCUT2D eigenvalue weighted by molar-refractivity contribution is -0.132. The number of carbonyl (C=O) groups excluding carboxylic acids is 1. The Bertz CT molecular complexity index is 830. The topological polar surface area (TPSA) is 156 Å². The van der Waals surface area contributed by atoms with Gasteiger partial charge in [0.15, 0.2) is 5.82 Å². The molecule has 0 radical (unpaired) electrons. The second-order valence-corrected chi connectivity index (χ2v) is 6.41. The third-order valence-corrected chi connectivity index (χ3v) is 4.83. The van der Waals surface area contributed by atoms with E-state index < -0.39 is 0 Å². The molecular formula is C16H22N8O. The summed E-state index contributed by atoms with van der Waals surface area (Å²) < 4.78 is 1.78. The minimum absolute atomic E-state index is 0.0970. The second kappa shape index (κ2) is 6.39. The van der Waals surface area contributed by atoms with Crippen LogP contribution in [0.15, 0.2) is 12.3 Å². The lowest BCUT2D eigenvalue weighted by Gasteiger charge is -2.37. The van der Waals surface area contributed by atoms with Crippen molar-refractivity contribution in [3.05, 3.63) is 12.3 Å². The molecule has 1 saturated heterocycles. The summed E-state index contributed by atoms with van der Waals surface area (Å²) in [4.78, 5) is 16.7. The third-order valence-electron chi connectivity index (χ3n) is 4.83. The molecule has 0 aliphatic carbocycles. The highest BCUT2D eigenvalue weighted by Crippen LogP contribution is 2.38. The van der Waals surface area contributed by atoms with E-state index in [2.05, 4.69) is 17.0 Å². The maximum Gasteiger partial charge on any atom is 0.236 e. The number of rotatable bonds is 3. The number of H-pyrrole nitrogens is 1. The predicted octanol–water partition coefficient (Wildman–Crippen LogP) is 0.948.